The number of aryl methyl sites for hydroxylation is 1. The Morgan fingerprint density at radius 2 is 2.21 bits per heavy atom. The lowest BCUT2D eigenvalue weighted by atomic mass is 10.1. The number of nitrogens with one attached hydrogen (secondary N) is 1. The maximum Gasteiger partial charge on any atom is 0.267 e. The van der Waals surface area contributed by atoms with E-state index in [1.165, 1.54) is 12.1 Å². The Kier molecular flexibility index (Phi) is 4.66. The lowest BCUT2D eigenvalue weighted by Crippen LogP contribution is -2.32. The molecule has 6 heteroatoms. The maximum atomic E-state index is 13.3. The van der Waals surface area contributed by atoms with Gasteiger partial charge in [0, 0.05) is 43.4 Å². The number of hydrogen-bond acceptors (Lipinski definition) is 3. The number of amides is 1. The maximum absolute atomic E-state index is 13.3. The van der Waals surface area contributed by atoms with Crippen molar-refractivity contribution in [2.45, 2.75) is 6.42 Å². The number of aliphatic hydroxyl groups is 1. The molecule has 3 rings (SSSR count). The van der Waals surface area contributed by atoms with E-state index in [4.69, 9.17) is 4.42 Å². The fourth-order valence-corrected chi connectivity index (χ4v) is 2.78. The van der Waals surface area contributed by atoms with Crippen LogP contribution in [-0.4, -0.2) is 28.7 Å². The van der Waals surface area contributed by atoms with E-state index in [-0.39, 0.29) is 24.2 Å². The summed E-state index contributed by atoms with van der Waals surface area (Å²) in [7, 11) is 1.77. The predicted molar refractivity (Wildman–Crippen MR) is 88.2 cm³/mol. The molecule has 0 aliphatic rings. The van der Waals surface area contributed by atoms with Crippen LogP contribution in [0.2, 0.25) is 0 Å². The Morgan fingerprint density at radius 3 is 2.92 bits per heavy atom. The molecule has 0 saturated carbocycles. The van der Waals surface area contributed by atoms with Crippen molar-refractivity contribution in [2.24, 2.45) is 13.0 Å². The van der Waals surface area contributed by atoms with Gasteiger partial charge in [-0.15, -0.1) is 0 Å². The SMILES string of the molecule is Cn1c(C(=O)NC[C@H](CO)Cc2ccco2)cc2cc(F)ccc21. The Morgan fingerprint density at radius 1 is 1.38 bits per heavy atom. The second kappa shape index (κ2) is 6.88. The van der Waals surface area contributed by atoms with Gasteiger partial charge in [0.05, 0.1) is 6.26 Å². The third-order valence-electron chi connectivity index (χ3n) is 4.12. The van der Waals surface area contributed by atoms with E-state index in [0.717, 1.165) is 11.3 Å². The third kappa shape index (κ3) is 3.33. The van der Waals surface area contributed by atoms with Crippen LogP contribution in [0.15, 0.2) is 47.1 Å². The van der Waals surface area contributed by atoms with Crippen molar-refractivity contribution in [3.63, 3.8) is 0 Å². The van der Waals surface area contributed by atoms with Crippen molar-refractivity contribution < 1.29 is 18.7 Å². The van der Waals surface area contributed by atoms with Crippen molar-refractivity contribution in [1.29, 1.82) is 0 Å². The fraction of sp³-hybridized carbons (Fsp3) is 0.278. The van der Waals surface area contributed by atoms with Crippen LogP contribution in [0.5, 0.6) is 0 Å². The minimum absolute atomic E-state index is 0.0543. The number of furan rings is 1. The van der Waals surface area contributed by atoms with E-state index >= 15 is 0 Å². The number of aromatic nitrogens is 1. The van der Waals surface area contributed by atoms with Gasteiger partial charge in [-0.3, -0.25) is 4.79 Å². The lowest BCUT2D eigenvalue weighted by molar-refractivity contribution is 0.0931. The lowest BCUT2D eigenvalue weighted by Gasteiger charge is -2.14. The molecule has 0 fully saturated rings. The molecule has 0 aliphatic carbocycles. The van der Waals surface area contributed by atoms with Crippen LogP contribution >= 0.6 is 0 Å². The molecule has 2 N–H and O–H groups in total. The van der Waals surface area contributed by atoms with Gasteiger partial charge in [-0.25, -0.2) is 4.39 Å². The summed E-state index contributed by atoms with van der Waals surface area (Å²) in [6, 6.07) is 9.71. The summed E-state index contributed by atoms with van der Waals surface area (Å²) in [5, 5.41) is 13.0. The first-order valence-electron chi connectivity index (χ1n) is 7.75. The molecule has 1 amide bonds. The molecule has 1 atom stereocenters. The zero-order valence-electron chi connectivity index (χ0n) is 13.3. The molecule has 0 spiro atoms. The van der Waals surface area contributed by atoms with E-state index < -0.39 is 0 Å². The molecule has 126 valence electrons. The average Bonchev–Trinajstić information content (AvgIpc) is 3.19. The smallest absolute Gasteiger partial charge is 0.267 e. The minimum atomic E-state index is -0.334. The van der Waals surface area contributed by atoms with Crippen molar-refractivity contribution >= 4 is 16.8 Å². The van der Waals surface area contributed by atoms with E-state index in [2.05, 4.69) is 5.32 Å². The molecule has 24 heavy (non-hydrogen) atoms. The molecule has 5 nitrogen and oxygen atoms in total. The van der Waals surface area contributed by atoms with Gasteiger partial charge in [-0.05, 0) is 36.4 Å². The molecule has 0 radical (unpaired) electrons. The Bertz CT molecular complexity index is 839. The monoisotopic (exact) mass is 330 g/mol. The quantitative estimate of drug-likeness (QED) is 0.730. The highest BCUT2D eigenvalue weighted by molar-refractivity contribution is 5.98. The summed E-state index contributed by atoms with van der Waals surface area (Å²) in [5.41, 5.74) is 1.24. The molecule has 3 aromatic rings. The van der Waals surface area contributed by atoms with Crippen molar-refractivity contribution in [2.75, 3.05) is 13.2 Å². The molecule has 0 aliphatic heterocycles. The standard InChI is InChI=1S/C18H19FN2O3/c1-21-16-5-4-14(19)8-13(16)9-17(21)18(23)20-10-12(11-22)7-15-3-2-6-24-15/h2-6,8-9,12,22H,7,10-11H2,1H3,(H,20,23)/t12-/m1/s1. The van der Waals surface area contributed by atoms with Crippen LogP contribution in [0.25, 0.3) is 10.9 Å². The summed E-state index contributed by atoms with van der Waals surface area (Å²) in [5.74, 6) is 0.0430. The number of benzene rings is 1. The number of rotatable bonds is 6. The van der Waals surface area contributed by atoms with Gasteiger partial charge >= 0.3 is 0 Å². The number of fused-ring (bicyclic) bond motifs is 1. The van der Waals surface area contributed by atoms with Gasteiger partial charge in [0.15, 0.2) is 0 Å². The van der Waals surface area contributed by atoms with Gasteiger partial charge in [0.1, 0.15) is 17.3 Å². The normalized spacial score (nSPS) is 12.5. The van der Waals surface area contributed by atoms with Crippen molar-refractivity contribution in [1.82, 2.24) is 9.88 Å². The summed E-state index contributed by atoms with van der Waals surface area (Å²) in [4.78, 5) is 12.4. The summed E-state index contributed by atoms with van der Waals surface area (Å²) < 4.78 is 20.3. The zero-order valence-corrected chi connectivity index (χ0v) is 13.3. The van der Waals surface area contributed by atoms with Crippen LogP contribution in [0.1, 0.15) is 16.2 Å². The Balaban J connectivity index is 1.69. The third-order valence-corrected chi connectivity index (χ3v) is 4.12. The molecule has 2 aromatic heterocycles. The van der Waals surface area contributed by atoms with Crippen molar-refractivity contribution in [3.8, 4) is 0 Å². The van der Waals surface area contributed by atoms with Gasteiger partial charge in [0.25, 0.3) is 5.91 Å². The molecule has 2 heterocycles. The molecule has 0 saturated heterocycles. The number of carbonyl (C=O) groups excluding carboxylic acids is 1. The molecular weight excluding hydrogens is 311 g/mol. The van der Waals surface area contributed by atoms with Crippen LogP contribution in [0, 0.1) is 11.7 Å². The highest BCUT2D eigenvalue weighted by Crippen LogP contribution is 2.20. The topological polar surface area (TPSA) is 67.4 Å². The molecule has 1 aromatic carbocycles. The van der Waals surface area contributed by atoms with Crippen molar-refractivity contribution in [3.05, 3.63) is 59.9 Å². The first kappa shape index (κ1) is 16.3. The number of carbonyl (C=O) groups is 1. The summed E-state index contributed by atoms with van der Waals surface area (Å²) >= 11 is 0. The highest BCUT2D eigenvalue weighted by atomic mass is 19.1. The van der Waals surface area contributed by atoms with E-state index in [1.807, 2.05) is 6.07 Å². The largest absolute Gasteiger partial charge is 0.469 e. The minimum Gasteiger partial charge on any atom is -0.469 e. The molecular formula is C18H19FN2O3. The Labute approximate surface area is 138 Å². The average molecular weight is 330 g/mol. The molecule has 0 bridgehead atoms. The highest BCUT2D eigenvalue weighted by Gasteiger charge is 2.16. The number of hydrogen-bond donors (Lipinski definition) is 2. The fourth-order valence-electron chi connectivity index (χ4n) is 2.78. The first-order valence-corrected chi connectivity index (χ1v) is 7.75. The zero-order chi connectivity index (χ0) is 17.1. The van der Waals surface area contributed by atoms with Gasteiger partial charge in [-0.1, -0.05) is 0 Å². The number of halogens is 1. The van der Waals surface area contributed by atoms with Gasteiger partial charge in [-0.2, -0.15) is 0 Å². The number of aliphatic hydroxyl groups excluding tert-OH is 1. The van der Waals surface area contributed by atoms with E-state index in [9.17, 15) is 14.3 Å². The second-order valence-electron chi connectivity index (χ2n) is 5.83. The van der Waals surface area contributed by atoms with Gasteiger partial charge in [0.2, 0.25) is 0 Å². The number of nitrogens with zero attached hydrogens (tertiary/aromatic N) is 1. The van der Waals surface area contributed by atoms with E-state index in [1.54, 1.807) is 36.1 Å². The van der Waals surface area contributed by atoms with Crippen LogP contribution in [0.3, 0.4) is 0 Å². The van der Waals surface area contributed by atoms with E-state index in [0.29, 0.717) is 24.0 Å². The van der Waals surface area contributed by atoms with Crippen LogP contribution in [-0.2, 0) is 13.5 Å². The first-order chi connectivity index (χ1) is 11.6. The van der Waals surface area contributed by atoms with Gasteiger partial charge < -0.3 is 19.4 Å². The second-order valence-corrected chi connectivity index (χ2v) is 5.83. The summed E-state index contributed by atoms with van der Waals surface area (Å²) in [6.45, 7) is 0.271. The molecule has 0 unspecified atom stereocenters. The summed E-state index contributed by atoms with van der Waals surface area (Å²) in [6.07, 6.45) is 2.13. The predicted octanol–water partition coefficient (Wildman–Crippen LogP) is 2.49. The van der Waals surface area contributed by atoms with Crippen LogP contribution < -0.4 is 5.32 Å². The Hall–Kier alpha value is -2.60. The van der Waals surface area contributed by atoms with Crippen LogP contribution in [0.4, 0.5) is 4.39 Å².